The normalized spacial score (nSPS) is 20.4. The first-order chi connectivity index (χ1) is 7.65. The van der Waals surface area contributed by atoms with Crippen molar-refractivity contribution in [3.05, 3.63) is 23.9 Å². The van der Waals surface area contributed by atoms with Gasteiger partial charge in [-0.1, -0.05) is 6.07 Å². The summed E-state index contributed by atoms with van der Waals surface area (Å²) in [5.41, 5.74) is 1.06. The second-order valence-corrected chi connectivity index (χ2v) is 3.87. The SMILES string of the molecule is Cc1ccc(NC2CCC(=O)NC2=O)nc1. The number of hydrogen-bond acceptors (Lipinski definition) is 4. The number of pyridine rings is 1. The van der Waals surface area contributed by atoms with Crippen LogP contribution < -0.4 is 10.6 Å². The Morgan fingerprint density at radius 1 is 1.44 bits per heavy atom. The average Bonchev–Trinajstić information content (AvgIpc) is 2.25. The van der Waals surface area contributed by atoms with Gasteiger partial charge < -0.3 is 5.32 Å². The number of rotatable bonds is 2. The smallest absolute Gasteiger partial charge is 0.249 e. The van der Waals surface area contributed by atoms with Gasteiger partial charge in [0.05, 0.1) is 0 Å². The zero-order valence-electron chi connectivity index (χ0n) is 8.99. The van der Waals surface area contributed by atoms with E-state index in [0.29, 0.717) is 18.7 Å². The van der Waals surface area contributed by atoms with Crippen LogP contribution >= 0.6 is 0 Å². The largest absolute Gasteiger partial charge is 0.358 e. The van der Waals surface area contributed by atoms with Crippen LogP contribution in [0.2, 0.25) is 0 Å². The second kappa shape index (κ2) is 4.30. The lowest BCUT2D eigenvalue weighted by molar-refractivity contribution is -0.133. The third-order valence-electron chi connectivity index (χ3n) is 2.47. The minimum atomic E-state index is -0.368. The van der Waals surface area contributed by atoms with Gasteiger partial charge in [-0.25, -0.2) is 4.98 Å². The maximum Gasteiger partial charge on any atom is 0.249 e. The van der Waals surface area contributed by atoms with Crippen LogP contribution in [0, 0.1) is 6.92 Å². The minimum Gasteiger partial charge on any atom is -0.358 e. The molecule has 1 fully saturated rings. The van der Waals surface area contributed by atoms with Gasteiger partial charge in [-0.3, -0.25) is 14.9 Å². The molecule has 1 saturated heterocycles. The fourth-order valence-corrected chi connectivity index (χ4v) is 1.56. The number of aryl methyl sites for hydroxylation is 1. The van der Waals surface area contributed by atoms with Gasteiger partial charge in [-0.2, -0.15) is 0 Å². The van der Waals surface area contributed by atoms with Crippen LogP contribution in [0.4, 0.5) is 5.82 Å². The molecule has 2 rings (SSSR count). The molecular formula is C11H13N3O2. The zero-order valence-corrected chi connectivity index (χ0v) is 8.99. The van der Waals surface area contributed by atoms with Crippen molar-refractivity contribution in [2.24, 2.45) is 0 Å². The van der Waals surface area contributed by atoms with Gasteiger partial charge >= 0.3 is 0 Å². The highest BCUT2D eigenvalue weighted by molar-refractivity contribution is 6.01. The predicted molar refractivity (Wildman–Crippen MR) is 58.8 cm³/mol. The van der Waals surface area contributed by atoms with Crippen LogP contribution in [-0.2, 0) is 9.59 Å². The molecule has 0 bridgehead atoms. The topological polar surface area (TPSA) is 71.1 Å². The number of piperidine rings is 1. The van der Waals surface area contributed by atoms with E-state index in [1.807, 2.05) is 19.1 Å². The van der Waals surface area contributed by atoms with E-state index in [4.69, 9.17) is 0 Å². The van der Waals surface area contributed by atoms with E-state index in [1.165, 1.54) is 0 Å². The van der Waals surface area contributed by atoms with Crippen molar-refractivity contribution < 1.29 is 9.59 Å². The van der Waals surface area contributed by atoms with Crippen molar-refractivity contribution in [1.82, 2.24) is 10.3 Å². The maximum atomic E-state index is 11.5. The third-order valence-corrected chi connectivity index (χ3v) is 2.47. The van der Waals surface area contributed by atoms with E-state index in [-0.39, 0.29) is 17.9 Å². The number of aromatic nitrogens is 1. The minimum absolute atomic E-state index is 0.208. The number of carbonyl (C=O) groups is 2. The van der Waals surface area contributed by atoms with Crippen molar-refractivity contribution in [3.63, 3.8) is 0 Å². The molecule has 1 aromatic rings. The van der Waals surface area contributed by atoms with E-state index in [2.05, 4.69) is 15.6 Å². The molecule has 1 aliphatic heterocycles. The van der Waals surface area contributed by atoms with E-state index >= 15 is 0 Å². The molecule has 16 heavy (non-hydrogen) atoms. The predicted octanol–water partition coefficient (Wildman–Crippen LogP) is 0.607. The Kier molecular flexibility index (Phi) is 2.85. The summed E-state index contributed by atoms with van der Waals surface area (Å²) in [5.74, 6) is 0.165. The fraction of sp³-hybridized carbons (Fsp3) is 0.364. The summed E-state index contributed by atoms with van der Waals surface area (Å²) in [5, 5.41) is 5.30. The molecule has 1 atom stereocenters. The first kappa shape index (κ1) is 10.6. The molecule has 0 radical (unpaired) electrons. The summed E-state index contributed by atoms with van der Waals surface area (Å²) in [4.78, 5) is 26.5. The van der Waals surface area contributed by atoms with E-state index < -0.39 is 0 Å². The van der Waals surface area contributed by atoms with Gasteiger partial charge in [0.25, 0.3) is 0 Å². The van der Waals surface area contributed by atoms with Crippen LogP contribution in [0.1, 0.15) is 18.4 Å². The highest BCUT2D eigenvalue weighted by Gasteiger charge is 2.26. The molecule has 5 heteroatoms. The van der Waals surface area contributed by atoms with Crippen molar-refractivity contribution >= 4 is 17.6 Å². The van der Waals surface area contributed by atoms with Gasteiger partial charge in [0.2, 0.25) is 11.8 Å². The first-order valence-electron chi connectivity index (χ1n) is 5.18. The Labute approximate surface area is 93.3 Å². The lowest BCUT2D eigenvalue weighted by atomic mass is 10.1. The number of amides is 2. The second-order valence-electron chi connectivity index (χ2n) is 3.87. The molecular weight excluding hydrogens is 206 g/mol. The molecule has 5 nitrogen and oxygen atoms in total. The number of anilines is 1. The third kappa shape index (κ3) is 2.36. The molecule has 2 N–H and O–H groups in total. The summed E-state index contributed by atoms with van der Waals surface area (Å²) in [6, 6.07) is 3.37. The van der Waals surface area contributed by atoms with Crippen molar-refractivity contribution in [2.45, 2.75) is 25.8 Å². The Bertz CT molecular complexity index is 414. The molecule has 2 heterocycles. The number of carbonyl (C=O) groups excluding carboxylic acids is 2. The molecule has 0 saturated carbocycles. The summed E-state index contributed by atoms with van der Waals surface area (Å²) in [7, 11) is 0. The van der Waals surface area contributed by atoms with Crippen molar-refractivity contribution in [1.29, 1.82) is 0 Å². The molecule has 84 valence electrons. The lowest BCUT2D eigenvalue weighted by Crippen LogP contribution is -2.47. The lowest BCUT2D eigenvalue weighted by Gasteiger charge is -2.22. The Hall–Kier alpha value is -1.91. The van der Waals surface area contributed by atoms with Gasteiger partial charge in [0.15, 0.2) is 0 Å². The molecule has 0 aromatic carbocycles. The molecule has 1 aliphatic rings. The molecule has 1 aromatic heterocycles. The fourth-order valence-electron chi connectivity index (χ4n) is 1.56. The molecule has 0 aliphatic carbocycles. The number of imide groups is 1. The van der Waals surface area contributed by atoms with Crippen LogP contribution in [0.3, 0.4) is 0 Å². The standard InChI is InChI=1S/C11H13N3O2/c1-7-2-4-9(12-6-7)13-8-3-5-10(15)14-11(8)16/h2,4,6,8H,3,5H2,1H3,(H,12,13)(H,14,15,16). The molecule has 2 amide bonds. The Morgan fingerprint density at radius 3 is 2.88 bits per heavy atom. The summed E-state index contributed by atoms with van der Waals surface area (Å²) in [6.07, 6.45) is 2.61. The van der Waals surface area contributed by atoms with Gasteiger partial charge in [0.1, 0.15) is 11.9 Å². The first-order valence-corrected chi connectivity index (χ1v) is 5.18. The van der Waals surface area contributed by atoms with E-state index in [0.717, 1.165) is 5.56 Å². The summed E-state index contributed by atoms with van der Waals surface area (Å²) < 4.78 is 0. The monoisotopic (exact) mass is 219 g/mol. The maximum absolute atomic E-state index is 11.5. The zero-order chi connectivity index (χ0) is 11.5. The van der Waals surface area contributed by atoms with Gasteiger partial charge in [-0.15, -0.1) is 0 Å². The van der Waals surface area contributed by atoms with Gasteiger partial charge in [0, 0.05) is 12.6 Å². The highest BCUT2D eigenvalue weighted by atomic mass is 16.2. The van der Waals surface area contributed by atoms with Gasteiger partial charge in [-0.05, 0) is 25.0 Å². The van der Waals surface area contributed by atoms with E-state index in [9.17, 15) is 9.59 Å². The summed E-state index contributed by atoms with van der Waals surface area (Å²) >= 11 is 0. The highest BCUT2D eigenvalue weighted by Crippen LogP contribution is 2.11. The Morgan fingerprint density at radius 2 is 2.25 bits per heavy atom. The average molecular weight is 219 g/mol. The van der Waals surface area contributed by atoms with E-state index in [1.54, 1.807) is 6.20 Å². The summed E-state index contributed by atoms with van der Waals surface area (Å²) in [6.45, 7) is 1.95. The number of nitrogens with zero attached hydrogens (tertiary/aromatic N) is 1. The van der Waals surface area contributed by atoms with Crippen molar-refractivity contribution in [2.75, 3.05) is 5.32 Å². The molecule has 0 spiro atoms. The molecule has 1 unspecified atom stereocenters. The quantitative estimate of drug-likeness (QED) is 0.715. The van der Waals surface area contributed by atoms with Crippen LogP contribution in [0.25, 0.3) is 0 Å². The number of nitrogens with one attached hydrogen (secondary N) is 2. The Balaban J connectivity index is 2.02. The van der Waals surface area contributed by atoms with Crippen LogP contribution in [0.15, 0.2) is 18.3 Å². The number of hydrogen-bond donors (Lipinski definition) is 2. The van der Waals surface area contributed by atoms with Crippen molar-refractivity contribution in [3.8, 4) is 0 Å². The van der Waals surface area contributed by atoms with Crippen LogP contribution in [-0.4, -0.2) is 22.8 Å². The van der Waals surface area contributed by atoms with Crippen LogP contribution in [0.5, 0.6) is 0 Å².